The summed E-state index contributed by atoms with van der Waals surface area (Å²) in [6.07, 6.45) is 0. The van der Waals surface area contributed by atoms with E-state index in [2.05, 4.69) is 4.99 Å². The van der Waals surface area contributed by atoms with E-state index in [1.807, 2.05) is 0 Å². The van der Waals surface area contributed by atoms with Crippen LogP contribution in [0.4, 0.5) is 0 Å². The van der Waals surface area contributed by atoms with E-state index in [0.29, 0.717) is 0 Å². The van der Waals surface area contributed by atoms with Crippen LogP contribution in [0, 0.1) is 0 Å². The fraction of sp³-hybridized carbons (Fsp3) is 0.250. The van der Waals surface area contributed by atoms with Crippen LogP contribution in [0.25, 0.3) is 0 Å². The van der Waals surface area contributed by atoms with Gasteiger partial charge in [0.1, 0.15) is 18.2 Å². The van der Waals surface area contributed by atoms with Crippen molar-refractivity contribution < 1.29 is 22.6 Å². The Balaban J connectivity index is 0.000000336. The molecular formula is C4H11N5O5S. The van der Waals surface area contributed by atoms with E-state index in [9.17, 15) is 0 Å². The first-order valence-electron chi connectivity index (χ1n) is 3.34. The van der Waals surface area contributed by atoms with E-state index < -0.39 is 10.4 Å². The molecule has 0 aromatic rings. The maximum atomic E-state index is 8.87. The number of aliphatic hydroxyl groups is 1. The van der Waals surface area contributed by atoms with Crippen LogP contribution in [0.1, 0.15) is 0 Å². The first-order valence-corrected chi connectivity index (χ1v) is 4.73. The van der Waals surface area contributed by atoms with Crippen LogP contribution in [0.5, 0.6) is 0 Å². The zero-order valence-corrected chi connectivity index (χ0v) is 8.22. The van der Waals surface area contributed by atoms with E-state index in [0.717, 1.165) is 5.01 Å². The highest BCUT2D eigenvalue weighted by Crippen LogP contribution is 2.02. The highest BCUT2D eigenvalue weighted by molar-refractivity contribution is 7.79. The van der Waals surface area contributed by atoms with Crippen LogP contribution in [-0.2, 0) is 10.4 Å². The maximum absolute atomic E-state index is 8.87. The molecule has 0 aromatic heterocycles. The second kappa shape index (κ2) is 4.79. The van der Waals surface area contributed by atoms with Crippen molar-refractivity contribution in [3.8, 4) is 0 Å². The molecule has 10 nitrogen and oxygen atoms in total. The molecule has 0 saturated heterocycles. The van der Waals surface area contributed by atoms with Gasteiger partial charge in [0.15, 0.2) is 0 Å². The molecule has 9 N–H and O–H groups in total. The normalized spacial score (nSPS) is 16.7. The smallest absolute Gasteiger partial charge is 0.394 e. The number of nitrogens with two attached hydrogens (primary N) is 3. The van der Waals surface area contributed by atoms with Crippen molar-refractivity contribution in [1.29, 1.82) is 0 Å². The molecule has 0 saturated carbocycles. The van der Waals surface area contributed by atoms with Gasteiger partial charge in [-0.3, -0.25) is 14.1 Å². The first kappa shape index (κ1) is 13.4. The van der Waals surface area contributed by atoms with Crippen LogP contribution in [0.2, 0.25) is 0 Å². The van der Waals surface area contributed by atoms with Crippen LogP contribution in [0.15, 0.2) is 16.5 Å². The monoisotopic (exact) mass is 241 g/mol. The second-order valence-electron chi connectivity index (χ2n) is 2.34. The lowest BCUT2D eigenvalue weighted by Gasteiger charge is -2.21. The Morgan fingerprint density at radius 1 is 1.33 bits per heavy atom. The van der Waals surface area contributed by atoms with Crippen molar-refractivity contribution in [2.75, 3.05) is 6.67 Å². The molecule has 0 fully saturated rings. The third kappa shape index (κ3) is 5.69. The average Bonchev–Trinajstić information content (AvgIpc) is 2.05. The second-order valence-corrected chi connectivity index (χ2v) is 3.24. The summed E-state index contributed by atoms with van der Waals surface area (Å²) in [4.78, 5) is 3.55. The topological polar surface area (TPSA) is 188 Å². The molecule has 15 heavy (non-hydrogen) atoms. The zero-order chi connectivity index (χ0) is 12.2. The van der Waals surface area contributed by atoms with Gasteiger partial charge in [0.05, 0.1) is 0 Å². The summed E-state index contributed by atoms with van der Waals surface area (Å²) in [5.74, 6) is 5.18. The number of aliphatic imine (C=N–C) groups is 1. The average molecular weight is 241 g/mol. The fourth-order valence-electron chi connectivity index (χ4n) is 0.574. The Morgan fingerprint density at radius 2 is 1.73 bits per heavy atom. The minimum Gasteiger partial charge on any atom is -0.492 e. The molecule has 0 radical (unpaired) electrons. The molecule has 1 aliphatic heterocycles. The van der Waals surface area contributed by atoms with Gasteiger partial charge in [-0.05, 0) is 0 Å². The lowest BCUT2D eigenvalue weighted by Crippen LogP contribution is -2.41. The predicted octanol–water partition coefficient (Wildman–Crippen LogP) is -2.48. The van der Waals surface area contributed by atoms with Gasteiger partial charge >= 0.3 is 10.4 Å². The molecule has 88 valence electrons. The number of hydrogen-bond donors (Lipinski definition) is 6. The van der Waals surface area contributed by atoms with Gasteiger partial charge in [0.25, 0.3) is 0 Å². The molecule has 0 bridgehead atoms. The third-order valence-electron chi connectivity index (χ3n) is 1.20. The Kier molecular flexibility index (Phi) is 4.29. The van der Waals surface area contributed by atoms with Gasteiger partial charge in [-0.15, -0.1) is 0 Å². The zero-order valence-electron chi connectivity index (χ0n) is 7.40. The quantitative estimate of drug-likeness (QED) is 0.197. The summed E-state index contributed by atoms with van der Waals surface area (Å²) < 4.78 is 31.6. The van der Waals surface area contributed by atoms with Gasteiger partial charge in [0.2, 0.25) is 5.90 Å². The molecule has 0 aromatic carbocycles. The standard InChI is InChI=1S/C4H9N5O.H2O4S/c5-2-3(6)9(7)1-8-4(2)10;1-5(2,3)4/h1,5-7H2,(H,8,10);(H2,1,2,3,4). The molecule has 0 aliphatic carbocycles. The number of aliphatic hydroxyl groups excluding tert-OH is 1. The third-order valence-corrected chi connectivity index (χ3v) is 1.20. The predicted molar refractivity (Wildman–Crippen MR) is 50.5 cm³/mol. The van der Waals surface area contributed by atoms with Crippen LogP contribution in [-0.4, -0.2) is 40.2 Å². The van der Waals surface area contributed by atoms with E-state index in [1.165, 1.54) is 0 Å². The minimum absolute atomic E-state index is 0.0220. The molecule has 11 heteroatoms. The van der Waals surface area contributed by atoms with Crippen molar-refractivity contribution in [2.24, 2.45) is 22.3 Å². The van der Waals surface area contributed by atoms with Crippen molar-refractivity contribution in [3.63, 3.8) is 0 Å². The summed E-state index contributed by atoms with van der Waals surface area (Å²) in [5.41, 5.74) is 10.6. The SMILES string of the molecule is NC1=C(N)N(N)CN=C1O.O=S(=O)(O)O. The number of hydrogen-bond acceptors (Lipinski definition) is 7. The van der Waals surface area contributed by atoms with Gasteiger partial charge in [0, 0.05) is 0 Å². The summed E-state index contributed by atoms with van der Waals surface area (Å²) in [5, 5.41) is 10.0. The molecule has 1 heterocycles. The molecule has 1 rings (SSSR count). The first-order chi connectivity index (χ1) is 6.63. The van der Waals surface area contributed by atoms with E-state index >= 15 is 0 Å². The molecular weight excluding hydrogens is 230 g/mol. The summed E-state index contributed by atoms with van der Waals surface area (Å²) >= 11 is 0. The highest BCUT2D eigenvalue weighted by atomic mass is 32.3. The molecule has 0 amide bonds. The summed E-state index contributed by atoms with van der Waals surface area (Å²) in [6.45, 7) is 0.137. The van der Waals surface area contributed by atoms with E-state index in [4.69, 9.17) is 39.9 Å². The molecule has 0 spiro atoms. The van der Waals surface area contributed by atoms with Gasteiger partial charge in [-0.1, -0.05) is 0 Å². The van der Waals surface area contributed by atoms with Crippen LogP contribution >= 0.6 is 0 Å². The van der Waals surface area contributed by atoms with Crippen molar-refractivity contribution >= 4 is 16.3 Å². The lowest BCUT2D eigenvalue weighted by molar-refractivity contribution is 0.348. The minimum atomic E-state index is -4.67. The fourth-order valence-corrected chi connectivity index (χ4v) is 0.574. The molecule has 0 unspecified atom stereocenters. The highest BCUT2D eigenvalue weighted by Gasteiger charge is 2.14. The van der Waals surface area contributed by atoms with Crippen molar-refractivity contribution in [1.82, 2.24) is 5.01 Å². The Morgan fingerprint density at radius 3 is 2.07 bits per heavy atom. The maximum Gasteiger partial charge on any atom is 0.394 e. The summed E-state index contributed by atoms with van der Waals surface area (Å²) in [7, 11) is -4.67. The van der Waals surface area contributed by atoms with Crippen molar-refractivity contribution in [3.05, 3.63) is 11.5 Å². The van der Waals surface area contributed by atoms with Gasteiger partial charge in [-0.25, -0.2) is 10.8 Å². The number of rotatable bonds is 0. The number of nitrogens with zero attached hydrogens (tertiary/aromatic N) is 2. The van der Waals surface area contributed by atoms with Crippen LogP contribution < -0.4 is 17.3 Å². The van der Waals surface area contributed by atoms with E-state index in [-0.39, 0.29) is 24.1 Å². The molecule has 1 aliphatic rings. The largest absolute Gasteiger partial charge is 0.492 e. The number of hydrazine groups is 1. The Hall–Kier alpha value is -1.56. The van der Waals surface area contributed by atoms with Gasteiger partial charge in [-0.2, -0.15) is 8.42 Å². The van der Waals surface area contributed by atoms with E-state index in [1.54, 1.807) is 0 Å². The van der Waals surface area contributed by atoms with Crippen molar-refractivity contribution in [2.45, 2.75) is 0 Å². The molecule has 0 atom stereocenters. The lowest BCUT2D eigenvalue weighted by atomic mass is 10.4. The Labute approximate surface area is 85.2 Å². The Bertz CT molecular complexity index is 378. The van der Waals surface area contributed by atoms with Gasteiger partial charge < -0.3 is 16.6 Å². The van der Waals surface area contributed by atoms with Crippen LogP contribution in [0.3, 0.4) is 0 Å². The summed E-state index contributed by atoms with van der Waals surface area (Å²) in [6, 6.07) is 0.